The topological polar surface area (TPSA) is 65.6 Å². The van der Waals surface area contributed by atoms with Gasteiger partial charge < -0.3 is 20.3 Å². The Morgan fingerprint density at radius 2 is 1.72 bits per heavy atom. The van der Waals surface area contributed by atoms with E-state index >= 15 is 0 Å². The van der Waals surface area contributed by atoms with Gasteiger partial charge in [0.2, 0.25) is 5.95 Å². The van der Waals surface area contributed by atoms with Gasteiger partial charge in [-0.25, -0.2) is 4.98 Å². The van der Waals surface area contributed by atoms with E-state index in [0.717, 1.165) is 69.7 Å². The fourth-order valence-corrected chi connectivity index (χ4v) is 3.92. The number of ether oxygens (including phenoxy) is 1. The van der Waals surface area contributed by atoms with E-state index in [-0.39, 0.29) is 0 Å². The van der Waals surface area contributed by atoms with Crippen molar-refractivity contribution in [2.75, 3.05) is 68.0 Å². The minimum Gasteiger partial charge on any atom is -0.379 e. The molecular formula is C22H32N6O. The van der Waals surface area contributed by atoms with E-state index in [1.54, 1.807) is 0 Å². The van der Waals surface area contributed by atoms with Crippen LogP contribution < -0.4 is 15.5 Å². The molecule has 2 saturated heterocycles. The third-order valence-corrected chi connectivity index (χ3v) is 5.54. The number of nitrogens with zero attached hydrogens (tertiary/aromatic N) is 4. The molecule has 2 N–H and O–H groups in total. The molecule has 4 rings (SSSR count). The molecule has 0 atom stereocenters. The highest BCUT2D eigenvalue weighted by molar-refractivity contribution is 5.60. The monoisotopic (exact) mass is 396 g/mol. The lowest BCUT2D eigenvalue weighted by Gasteiger charge is -2.28. The third-order valence-electron chi connectivity index (χ3n) is 5.54. The zero-order chi connectivity index (χ0) is 19.9. The van der Waals surface area contributed by atoms with Gasteiger partial charge in [-0.05, 0) is 50.5 Å². The number of piperidine rings is 1. The maximum atomic E-state index is 5.40. The van der Waals surface area contributed by atoms with Crippen LogP contribution in [0.2, 0.25) is 0 Å². The summed E-state index contributed by atoms with van der Waals surface area (Å²) >= 11 is 0. The van der Waals surface area contributed by atoms with Crippen LogP contribution in [0.3, 0.4) is 0 Å². The molecule has 0 amide bonds. The summed E-state index contributed by atoms with van der Waals surface area (Å²) in [6.45, 7) is 9.84. The van der Waals surface area contributed by atoms with E-state index in [1.807, 2.05) is 13.0 Å². The van der Waals surface area contributed by atoms with Crippen molar-refractivity contribution in [3.8, 4) is 0 Å². The van der Waals surface area contributed by atoms with Gasteiger partial charge in [-0.3, -0.25) is 4.90 Å². The van der Waals surface area contributed by atoms with Crippen LogP contribution in [0.25, 0.3) is 0 Å². The molecule has 29 heavy (non-hydrogen) atoms. The van der Waals surface area contributed by atoms with Crippen molar-refractivity contribution in [1.29, 1.82) is 0 Å². The fourth-order valence-electron chi connectivity index (χ4n) is 3.92. The molecule has 1 aromatic carbocycles. The predicted octanol–water partition coefficient (Wildman–Crippen LogP) is 3.26. The fraction of sp³-hybridized carbons (Fsp3) is 0.545. The van der Waals surface area contributed by atoms with Crippen LogP contribution in [0.5, 0.6) is 0 Å². The number of morpholine rings is 1. The maximum Gasteiger partial charge on any atom is 0.229 e. The zero-order valence-electron chi connectivity index (χ0n) is 17.4. The van der Waals surface area contributed by atoms with Crippen molar-refractivity contribution >= 4 is 23.1 Å². The minimum absolute atomic E-state index is 0.629. The standard InChI is InChI=1S/C22H32N6O/c1-18-17-21(23-9-12-27-13-15-29-16-14-27)26-22(24-18)25-19-5-7-20(8-6-19)28-10-3-2-4-11-28/h5-8,17H,2-4,9-16H2,1H3,(H2,23,24,25,26). The van der Waals surface area contributed by atoms with E-state index in [1.165, 1.54) is 24.9 Å². The van der Waals surface area contributed by atoms with E-state index in [4.69, 9.17) is 4.74 Å². The number of nitrogens with one attached hydrogen (secondary N) is 2. The molecule has 2 fully saturated rings. The van der Waals surface area contributed by atoms with Crippen LogP contribution >= 0.6 is 0 Å². The molecule has 156 valence electrons. The van der Waals surface area contributed by atoms with Crippen molar-refractivity contribution in [3.63, 3.8) is 0 Å². The van der Waals surface area contributed by atoms with Gasteiger partial charge in [-0.2, -0.15) is 4.98 Å². The van der Waals surface area contributed by atoms with E-state index < -0.39 is 0 Å². The molecule has 0 unspecified atom stereocenters. The number of aromatic nitrogens is 2. The van der Waals surface area contributed by atoms with E-state index in [9.17, 15) is 0 Å². The SMILES string of the molecule is Cc1cc(NCCN2CCOCC2)nc(Nc2ccc(N3CCCCC3)cc2)n1. The Labute approximate surface area is 173 Å². The molecule has 0 spiro atoms. The highest BCUT2D eigenvalue weighted by atomic mass is 16.5. The van der Waals surface area contributed by atoms with Crippen molar-refractivity contribution in [3.05, 3.63) is 36.0 Å². The van der Waals surface area contributed by atoms with Crippen molar-refractivity contribution in [1.82, 2.24) is 14.9 Å². The maximum absolute atomic E-state index is 5.40. The van der Waals surface area contributed by atoms with Gasteiger partial charge in [-0.15, -0.1) is 0 Å². The first kappa shape index (κ1) is 19.9. The van der Waals surface area contributed by atoms with Crippen LogP contribution in [-0.4, -0.2) is 67.4 Å². The Kier molecular flexibility index (Phi) is 6.79. The Morgan fingerprint density at radius 1 is 0.966 bits per heavy atom. The van der Waals surface area contributed by atoms with Gasteiger partial charge in [0.1, 0.15) is 5.82 Å². The van der Waals surface area contributed by atoms with Crippen LogP contribution in [0.15, 0.2) is 30.3 Å². The van der Waals surface area contributed by atoms with Gasteiger partial charge in [0.05, 0.1) is 13.2 Å². The summed E-state index contributed by atoms with van der Waals surface area (Å²) in [6.07, 6.45) is 3.93. The number of anilines is 4. The number of hydrogen-bond donors (Lipinski definition) is 2. The summed E-state index contributed by atoms with van der Waals surface area (Å²) in [5.41, 5.74) is 3.25. The first-order valence-corrected chi connectivity index (χ1v) is 10.8. The molecule has 7 heteroatoms. The lowest BCUT2D eigenvalue weighted by atomic mass is 10.1. The quantitative estimate of drug-likeness (QED) is 0.745. The molecule has 0 bridgehead atoms. The smallest absolute Gasteiger partial charge is 0.229 e. The average Bonchev–Trinajstić information content (AvgIpc) is 2.75. The van der Waals surface area contributed by atoms with Crippen LogP contribution in [-0.2, 0) is 4.74 Å². The van der Waals surface area contributed by atoms with Crippen LogP contribution in [0.4, 0.5) is 23.1 Å². The van der Waals surface area contributed by atoms with Crippen LogP contribution in [0, 0.1) is 6.92 Å². The highest BCUT2D eigenvalue weighted by Crippen LogP contribution is 2.23. The first-order valence-electron chi connectivity index (χ1n) is 10.8. The molecule has 2 aliphatic rings. The molecular weight excluding hydrogens is 364 g/mol. The second kappa shape index (κ2) is 9.89. The second-order valence-electron chi connectivity index (χ2n) is 7.82. The summed E-state index contributed by atoms with van der Waals surface area (Å²) in [6, 6.07) is 10.6. The Balaban J connectivity index is 1.33. The molecule has 1 aromatic heterocycles. The molecule has 0 saturated carbocycles. The molecule has 0 aliphatic carbocycles. The normalized spacial score (nSPS) is 17.9. The third kappa shape index (κ3) is 5.81. The summed E-state index contributed by atoms with van der Waals surface area (Å²) in [5.74, 6) is 1.49. The lowest BCUT2D eigenvalue weighted by molar-refractivity contribution is 0.0398. The summed E-state index contributed by atoms with van der Waals surface area (Å²) in [4.78, 5) is 14.1. The first-order chi connectivity index (χ1) is 14.3. The van der Waals surface area contributed by atoms with Gasteiger partial charge >= 0.3 is 0 Å². The van der Waals surface area contributed by atoms with Gasteiger partial charge in [-0.1, -0.05) is 0 Å². The van der Waals surface area contributed by atoms with Crippen molar-refractivity contribution in [2.45, 2.75) is 26.2 Å². The highest BCUT2D eigenvalue weighted by Gasteiger charge is 2.12. The number of aryl methyl sites for hydroxylation is 1. The number of rotatable bonds is 7. The predicted molar refractivity (Wildman–Crippen MR) is 118 cm³/mol. The molecule has 7 nitrogen and oxygen atoms in total. The lowest BCUT2D eigenvalue weighted by Crippen LogP contribution is -2.39. The molecule has 2 aromatic rings. The Bertz CT molecular complexity index is 769. The molecule has 3 heterocycles. The number of hydrogen-bond acceptors (Lipinski definition) is 7. The number of benzene rings is 1. The van der Waals surface area contributed by atoms with Crippen molar-refractivity contribution in [2.24, 2.45) is 0 Å². The van der Waals surface area contributed by atoms with Gasteiger partial charge in [0.15, 0.2) is 0 Å². The zero-order valence-corrected chi connectivity index (χ0v) is 17.4. The summed E-state index contributed by atoms with van der Waals surface area (Å²) in [7, 11) is 0. The van der Waals surface area contributed by atoms with E-state index in [0.29, 0.717) is 5.95 Å². The summed E-state index contributed by atoms with van der Waals surface area (Å²) < 4.78 is 5.40. The van der Waals surface area contributed by atoms with Crippen LogP contribution in [0.1, 0.15) is 25.0 Å². The molecule has 0 radical (unpaired) electrons. The second-order valence-corrected chi connectivity index (χ2v) is 7.82. The Hall–Kier alpha value is -2.38. The largest absolute Gasteiger partial charge is 0.379 e. The average molecular weight is 397 g/mol. The van der Waals surface area contributed by atoms with Crippen molar-refractivity contribution < 1.29 is 4.74 Å². The minimum atomic E-state index is 0.629. The Morgan fingerprint density at radius 3 is 2.48 bits per heavy atom. The van der Waals surface area contributed by atoms with Gasteiger partial charge in [0.25, 0.3) is 0 Å². The molecule has 2 aliphatic heterocycles. The van der Waals surface area contributed by atoms with E-state index in [2.05, 4.69) is 54.7 Å². The van der Waals surface area contributed by atoms with Gasteiger partial charge in [0, 0.05) is 62.4 Å². The summed E-state index contributed by atoms with van der Waals surface area (Å²) in [5, 5.41) is 6.78.